The van der Waals surface area contributed by atoms with Crippen LogP contribution in [-0.2, 0) is 0 Å². The Hall–Kier alpha value is -2.99. The predicted octanol–water partition coefficient (Wildman–Crippen LogP) is 4.68. The van der Waals surface area contributed by atoms with Crippen molar-refractivity contribution < 1.29 is 0 Å². The van der Waals surface area contributed by atoms with Crippen molar-refractivity contribution in [2.75, 3.05) is 18.9 Å². The van der Waals surface area contributed by atoms with Crippen molar-refractivity contribution >= 4 is 28.7 Å². The van der Waals surface area contributed by atoms with Crippen molar-refractivity contribution in [3.63, 3.8) is 0 Å². The third-order valence-corrected chi connectivity index (χ3v) is 4.96. The van der Waals surface area contributed by atoms with Crippen LogP contribution in [0.25, 0.3) is 11.4 Å². The first-order valence-corrected chi connectivity index (χ1v) is 9.53. The first-order chi connectivity index (χ1) is 13.5. The fraction of sp³-hybridized carbons (Fsp3) is 0.238. The lowest BCUT2D eigenvalue weighted by Crippen LogP contribution is -2.16. The van der Waals surface area contributed by atoms with Gasteiger partial charge in [0.15, 0.2) is 0 Å². The molecule has 2 aromatic rings. The molecule has 28 heavy (non-hydrogen) atoms. The van der Waals surface area contributed by atoms with Crippen LogP contribution in [0.1, 0.15) is 36.1 Å². The minimum absolute atomic E-state index is 0.0713. The molecule has 0 fully saturated rings. The second-order valence-corrected chi connectivity index (χ2v) is 7.15. The molecule has 1 heterocycles. The summed E-state index contributed by atoms with van der Waals surface area (Å²) in [6, 6.07) is 13.9. The van der Waals surface area contributed by atoms with E-state index in [0.717, 1.165) is 46.7 Å². The first kappa shape index (κ1) is 19.8. The third-order valence-electron chi connectivity index (χ3n) is 4.71. The molecule has 1 atom stereocenters. The van der Waals surface area contributed by atoms with Crippen LogP contribution < -0.4 is 21.7 Å². The molecule has 0 aromatic heterocycles. The molecular weight excluding hydrogens is 372 g/mol. The van der Waals surface area contributed by atoms with Crippen molar-refractivity contribution in [2.45, 2.75) is 19.4 Å². The van der Waals surface area contributed by atoms with Crippen molar-refractivity contribution in [3.05, 3.63) is 76.1 Å². The molecule has 0 aliphatic carbocycles. The SMILES string of the molecule is CN/C=C(\N=N)c1ccc2c(c1)C(Nc1ccc(Cl)cc1)CCN/C2=C(/C)N. The maximum atomic E-state index is 7.49. The highest BCUT2D eigenvalue weighted by molar-refractivity contribution is 6.30. The number of halogens is 1. The normalized spacial score (nSPS) is 18.4. The van der Waals surface area contributed by atoms with E-state index >= 15 is 0 Å². The quantitative estimate of drug-likeness (QED) is 0.474. The second-order valence-electron chi connectivity index (χ2n) is 6.71. The highest BCUT2D eigenvalue weighted by Crippen LogP contribution is 2.34. The van der Waals surface area contributed by atoms with Gasteiger partial charge < -0.3 is 21.7 Å². The van der Waals surface area contributed by atoms with E-state index in [-0.39, 0.29) is 6.04 Å². The zero-order valence-electron chi connectivity index (χ0n) is 16.0. The van der Waals surface area contributed by atoms with E-state index in [1.807, 2.05) is 43.3 Å². The summed E-state index contributed by atoms with van der Waals surface area (Å²) in [6.45, 7) is 2.69. The monoisotopic (exact) mass is 396 g/mol. The van der Waals surface area contributed by atoms with Crippen LogP contribution in [0.3, 0.4) is 0 Å². The van der Waals surface area contributed by atoms with Crippen molar-refractivity contribution in [1.82, 2.24) is 10.6 Å². The lowest BCUT2D eigenvalue weighted by Gasteiger charge is -2.21. The van der Waals surface area contributed by atoms with E-state index in [4.69, 9.17) is 22.9 Å². The van der Waals surface area contributed by atoms with Gasteiger partial charge in [0.2, 0.25) is 0 Å². The number of allylic oxidation sites excluding steroid dienone is 1. The highest BCUT2D eigenvalue weighted by atomic mass is 35.5. The van der Waals surface area contributed by atoms with E-state index < -0.39 is 0 Å². The summed E-state index contributed by atoms with van der Waals surface area (Å²) in [6.07, 6.45) is 2.59. The van der Waals surface area contributed by atoms with Gasteiger partial charge in [-0.15, -0.1) is 0 Å². The largest absolute Gasteiger partial charge is 0.401 e. The fourth-order valence-electron chi connectivity index (χ4n) is 3.40. The molecule has 1 aliphatic rings. The predicted molar refractivity (Wildman–Crippen MR) is 116 cm³/mol. The molecule has 146 valence electrons. The molecule has 0 saturated carbocycles. The minimum atomic E-state index is 0.0713. The van der Waals surface area contributed by atoms with Crippen LogP contribution >= 0.6 is 11.6 Å². The number of anilines is 1. The summed E-state index contributed by atoms with van der Waals surface area (Å²) >= 11 is 6.02. The molecular formula is C21H25ClN6. The zero-order valence-corrected chi connectivity index (χ0v) is 16.8. The lowest BCUT2D eigenvalue weighted by molar-refractivity contribution is 0.682. The molecule has 0 radical (unpaired) electrons. The van der Waals surface area contributed by atoms with Gasteiger partial charge in [0.25, 0.3) is 0 Å². The van der Waals surface area contributed by atoms with Gasteiger partial charge in [-0.2, -0.15) is 5.11 Å². The maximum Gasteiger partial charge on any atom is 0.108 e. The molecule has 2 aromatic carbocycles. The van der Waals surface area contributed by atoms with E-state index in [9.17, 15) is 0 Å². The second kappa shape index (κ2) is 8.80. The molecule has 6 nitrogen and oxygen atoms in total. The Morgan fingerprint density at radius 2 is 2.04 bits per heavy atom. The standard InChI is InChI=1S/C21H25ClN6/c1-13(23)21-17-8-3-14(20(28-24)12-25-2)11-18(17)19(9-10-26-21)27-16-6-4-15(22)5-7-16/h3-8,11-12,19,24-27H,9-10,23H2,1-2H3/b20-12-,21-13-,28-24?. The smallest absolute Gasteiger partial charge is 0.108 e. The highest BCUT2D eigenvalue weighted by Gasteiger charge is 2.23. The Labute approximate surface area is 170 Å². The Kier molecular flexibility index (Phi) is 6.21. The van der Waals surface area contributed by atoms with Gasteiger partial charge in [0, 0.05) is 47.3 Å². The van der Waals surface area contributed by atoms with Gasteiger partial charge in [-0.25, -0.2) is 5.53 Å². The molecule has 7 heteroatoms. The lowest BCUT2D eigenvalue weighted by atomic mass is 9.94. The van der Waals surface area contributed by atoms with Crippen molar-refractivity contribution in [2.24, 2.45) is 10.8 Å². The Balaban J connectivity index is 2.09. The fourth-order valence-corrected chi connectivity index (χ4v) is 3.52. The molecule has 1 aliphatic heterocycles. The van der Waals surface area contributed by atoms with E-state index in [1.54, 1.807) is 13.2 Å². The summed E-state index contributed by atoms with van der Waals surface area (Å²) in [5.74, 6) is 0. The van der Waals surface area contributed by atoms with Crippen LogP contribution in [-0.4, -0.2) is 13.6 Å². The van der Waals surface area contributed by atoms with Gasteiger partial charge >= 0.3 is 0 Å². The number of rotatable bonds is 5. The van der Waals surface area contributed by atoms with Gasteiger partial charge in [-0.1, -0.05) is 23.7 Å². The number of nitrogens with zero attached hydrogens (tertiary/aromatic N) is 1. The molecule has 6 N–H and O–H groups in total. The van der Waals surface area contributed by atoms with E-state index in [0.29, 0.717) is 10.7 Å². The molecule has 0 bridgehead atoms. The van der Waals surface area contributed by atoms with Crippen molar-refractivity contribution in [3.8, 4) is 0 Å². The number of benzene rings is 2. The molecule has 0 amide bonds. The number of fused-ring (bicyclic) bond motifs is 1. The average Bonchev–Trinajstić information content (AvgIpc) is 2.87. The van der Waals surface area contributed by atoms with Crippen LogP contribution in [0.15, 0.2) is 59.5 Å². The summed E-state index contributed by atoms with van der Waals surface area (Å²) in [4.78, 5) is 0. The van der Waals surface area contributed by atoms with Crippen LogP contribution in [0.4, 0.5) is 5.69 Å². The number of hydrogen-bond donors (Lipinski definition) is 5. The first-order valence-electron chi connectivity index (χ1n) is 9.15. The zero-order chi connectivity index (χ0) is 20.1. The van der Waals surface area contributed by atoms with Crippen LogP contribution in [0.2, 0.25) is 5.02 Å². The van der Waals surface area contributed by atoms with Gasteiger partial charge in [-0.05, 0) is 49.2 Å². The molecule has 3 rings (SSSR count). The molecule has 0 spiro atoms. The van der Waals surface area contributed by atoms with E-state index in [1.165, 1.54) is 0 Å². The van der Waals surface area contributed by atoms with Crippen LogP contribution in [0, 0.1) is 5.53 Å². The van der Waals surface area contributed by atoms with Gasteiger partial charge in [0.1, 0.15) is 5.70 Å². The Bertz CT molecular complexity index is 913. The topological polar surface area (TPSA) is 98.3 Å². The van der Waals surface area contributed by atoms with Crippen LogP contribution in [0.5, 0.6) is 0 Å². The average molecular weight is 397 g/mol. The molecule has 0 saturated heterocycles. The number of nitrogens with two attached hydrogens (primary N) is 1. The summed E-state index contributed by atoms with van der Waals surface area (Å²) in [5.41, 5.74) is 20.0. The van der Waals surface area contributed by atoms with E-state index in [2.05, 4.69) is 27.1 Å². The molecule has 1 unspecified atom stereocenters. The third kappa shape index (κ3) is 4.28. The van der Waals surface area contributed by atoms with Gasteiger partial charge in [-0.3, -0.25) is 0 Å². The number of hydrogen-bond acceptors (Lipinski definition) is 6. The van der Waals surface area contributed by atoms with Crippen molar-refractivity contribution in [1.29, 1.82) is 5.53 Å². The Morgan fingerprint density at radius 1 is 1.29 bits per heavy atom. The summed E-state index contributed by atoms with van der Waals surface area (Å²) < 4.78 is 0. The van der Waals surface area contributed by atoms with Gasteiger partial charge in [0.05, 0.1) is 11.7 Å². The minimum Gasteiger partial charge on any atom is -0.401 e. The summed E-state index contributed by atoms with van der Waals surface area (Å²) in [5, 5.41) is 14.4. The number of nitrogens with one attached hydrogen (secondary N) is 4. The maximum absolute atomic E-state index is 7.49. The summed E-state index contributed by atoms with van der Waals surface area (Å²) in [7, 11) is 1.79. The Morgan fingerprint density at radius 3 is 2.68 bits per heavy atom.